The van der Waals surface area contributed by atoms with Gasteiger partial charge in [0.1, 0.15) is 0 Å². The highest BCUT2D eigenvalue weighted by molar-refractivity contribution is 5.32. The van der Waals surface area contributed by atoms with Gasteiger partial charge in [-0.1, -0.05) is 19.3 Å². The minimum Gasteiger partial charge on any atom is -0.467 e. The molecule has 19 heavy (non-hydrogen) atoms. The van der Waals surface area contributed by atoms with Gasteiger partial charge in [-0.05, 0) is 12.8 Å². The number of hydrogen-bond acceptors (Lipinski definition) is 7. The Morgan fingerprint density at radius 3 is 2.74 bits per heavy atom. The highest BCUT2D eigenvalue weighted by Gasteiger charge is 2.13. The Labute approximate surface area is 112 Å². The van der Waals surface area contributed by atoms with Gasteiger partial charge in [0.15, 0.2) is 0 Å². The molecule has 1 aliphatic rings. The molecule has 0 spiro atoms. The Morgan fingerprint density at radius 1 is 1.21 bits per heavy atom. The van der Waals surface area contributed by atoms with Crippen molar-refractivity contribution in [2.75, 3.05) is 31.3 Å². The lowest BCUT2D eigenvalue weighted by atomic mass is 9.98. The van der Waals surface area contributed by atoms with Gasteiger partial charge >= 0.3 is 6.01 Å². The summed E-state index contributed by atoms with van der Waals surface area (Å²) in [4.78, 5) is 11.8. The standard InChI is InChI=1S/C12H21N5O2/c1-18-12-16-10(13)15-11(17-12)14-7-8-19-9-5-3-2-4-6-9/h9H,2-8H2,1H3,(H3,13,14,15,16,17). The molecule has 1 saturated carbocycles. The number of anilines is 2. The van der Waals surface area contributed by atoms with Crippen molar-refractivity contribution in [2.24, 2.45) is 0 Å². The first kappa shape index (κ1) is 13.8. The van der Waals surface area contributed by atoms with Crippen molar-refractivity contribution in [1.29, 1.82) is 0 Å². The van der Waals surface area contributed by atoms with E-state index in [1.54, 1.807) is 0 Å². The summed E-state index contributed by atoms with van der Waals surface area (Å²) in [5.41, 5.74) is 5.54. The van der Waals surface area contributed by atoms with Crippen molar-refractivity contribution in [1.82, 2.24) is 15.0 Å². The van der Waals surface area contributed by atoms with Gasteiger partial charge in [0.25, 0.3) is 0 Å². The van der Waals surface area contributed by atoms with Crippen LogP contribution >= 0.6 is 0 Å². The summed E-state index contributed by atoms with van der Waals surface area (Å²) in [5, 5.41) is 3.05. The van der Waals surface area contributed by atoms with Crippen LogP contribution in [-0.4, -0.2) is 41.3 Å². The molecular weight excluding hydrogens is 246 g/mol. The predicted octanol–water partition coefficient (Wildman–Crippen LogP) is 1.22. The Bertz CT molecular complexity index is 396. The lowest BCUT2D eigenvalue weighted by Gasteiger charge is -2.21. The Kier molecular flexibility index (Phi) is 5.14. The van der Waals surface area contributed by atoms with E-state index in [0.29, 0.717) is 25.2 Å². The van der Waals surface area contributed by atoms with E-state index in [-0.39, 0.29) is 12.0 Å². The molecule has 0 saturated heterocycles. The molecule has 0 unspecified atom stereocenters. The van der Waals surface area contributed by atoms with Crippen molar-refractivity contribution in [3.63, 3.8) is 0 Å². The largest absolute Gasteiger partial charge is 0.467 e. The molecule has 1 fully saturated rings. The highest BCUT2D eigenvalue weighted by Crippen LogP contribution is 2.20. The zero-order chi connectivity index (χ0) is 13.5. The number of nitrogens with zero attached hydrogens (tertiary/aromatic N) is 3. The number of aromatic nitrogens is 3. The number of rotatable bonds is 6. The zero-order valence-corrected chi connectivity index (χ0v) is 11.3. The normalized spacial score (nSPS) is 16.3. The fraction of sp³-hybridized carbons (Fsp3) is 0.750. The van der Waals surface area contributed by atoms with Crippen LogP contribution in [0.2, 0.25) is 0 Å². The van der Waals surface area contributed by atoms with Crippen LogP contribution in [0.5, 0.6) is 6.01 Å². The molecule has 0 aliphatic heterocycles. The van der Waals surface area contributed by atoms with E-state index in [1.165, 1.54) is 39.2 Å². The van der Waals surface area contributed by atoms with Gasteiger partial charge in [0.05, 0.1) is 19.8 Å². The molecule has 0 atom stereocenters. The number of ether oxygens (including phenoxy) is 2. The Hall–Kier alpha value is -1.63. The third-order valence-electron chi connectivity index (χ3n) is 3.11. The Balaban J connectivity index is 1.71. The fourth-order valence-electron chi connectivity index (χ4n) is 2.16. The molecule has 106 valence electrons. The van der Waals surface area contributed by atoms with Gasteiger partial charge in [0, 0.05) is 6.54 Å². The lowest BCUT2D eigenvalue weighted by Crippen LogP contribution is -2.21. The lowest BCUT2D eigenvalue weighted by molar-refractivity contribution is 0.0347. The van der Waals surface area contributed by atoms with Crippen molar-refractivity contribution >= 4 is 11.9 Å². The summed E-state index contributed by atoms with van der Waals surface area (Å²) in [7, 11) is 1.49. The first-order chi connectivity index (χ1) is 9.28. The SMILES string of the molecule is COc1nc(N)nc(NCCOC2CCCCC2)n1. The van der Waals surface area contributed by atoms with E-state index >= 15 is 0 Å². The maximum Gasteiger partial charge on any atom is 0.322 e. The molecule has 7 nitrogen and oxygen atoms in total. The van der Waals surface area contributed by atoms with Crippen LogP contribution < -0.4 is 15.8 Å². The summed E-state index contributed by atoms with van der Waals surface area (Å²) in [5.74, 6) is 0.555. The number of methoxy groups -OCH3 is 1. The fourth-order valence-corrected chi connectivity index (χ4v) is 2.16. The topological polar surface area (TPSA) is 95.2 Å². The number of nitrogen functional groups attached to an aromatic ring is 1. The number of nitrogens with two attached hydrogens (primary N) is 1. The van der Waals surface area contributed by atoms with Crippen molar-refractivity contribution in [3.05, 3.63) is 0 Å². The molecule has 1 aromatic heterocycles. The number of hydrogen-bond donors (Lipinski definition) is 2. The average molecular weight is 267 g/mol. The van der Waals surface area contributed by atoms with Gasteiger partial charge in [0.2, 0.25) is 11.9 Å². The monoisotopic (exact) mass is 267 g/mol. The second-order valence-electron chi connectivity index (χ2n) is 4.56. The van der Waals surface area contributed by atoms with Gasteiger partial charge in [-0.15, -0.1) is 0 Å². The summed E-state index contributed by atoms with van der Waals surface area (Å²) >= 11 is 0. The third kappa shape index (κ3) is 4.51. The van der Waals surface area contributed by atoms with Crippen molar-refractivity contribution in [3.8, 4) is 6.01 Å². The minimum absolute atomic E-state index is 0.141. The molecule has 0 bridgehead atoms. The highest BCUT2D eigenvalue weighted by atomic mass is 16.5. The molecule has 1 aromatic rings. The molecular formula is C12H21N5O2. The molecule has 0 aromatic carbocycles. The van der Waals surface area contributed by atoms with Crippen LogP contribution in [0.4, 0.5) is 11.9 Å². The van der Waals surface area contributed by atoms with Crippen LogP contribution in [0.1, 0.15) is 32.1 Å². The molecule has 1 aliphatic carbocycles. The van der Waals surface area contributed by atoms with Crippen LogP contribution in [0, 0.1) is 0 Å². The van der Waals surface area contributed by atoms with E-state index in [2.05, 4.69) is 20.3 Å². The molecule has 7 heteroatoms. The second-order valence-corrected chi connectivity index (χ2v) is 4.56. The van der Waals surface area contributed by atoms with E-state index in [0.717, 1.165) is 0 Å². The van der Waals surface area contributed by atoms with Gasteiger partial charge < -0.3 is 20.5 Å². The van der Waals surface area contributed by atoms with E-state index in [1.807, 2.05) is 0 Å². The Morgan fingerprint density at radius 2 is 2.00 bits per heavy atom. The van der Waals surface area contributed by atoms with Gasteiger partial charge in [-0.25, -0.2) is 0 Å². The van der Waals surface area contributed by atoms with Crippen LogP contribution in [0.25, 0.3) is 0 Å². The quantitative estimate of drug-likeness (QED) is 0.748. The summed E-state index contributed by atoms with van der Waals surface area (Å²) in [6.45, 7) is 1.28. The zero-order valence-electron chi connectivity index (χ0n) is 11.3. The first-order valence-electron chi connectivity index (χ1n) is 6.69. The first-order valence-corrected chi connectivity index (χ1v) is 6.69. The van der Waals surface area contributed by atoms with E-state index in [9.17, 15) is 0 Å². The van der Waals surface area contributed by atoms with E-state index < -0.39 is 0 Å². The number of nitrogens with one attached hydrogen (secondary N) is 1. The summed E-state index contributed by atoms with van der Waals surface area (Å²) in [6.07, 6.45) is 6.65. The smallest absolute Gasteiger partial charge is 0.322 e. The maximum absolute atomic E-state index is 5.80. The van der Waals surface area contributed by atoms with Crippen LogP contribution in [-0.2, 0) is 4.74 Å². The van der Waals surface area contributed by atoms with Gasteiger partial charge in [-0.2, -0.15) is 15.0 Å². The molecule has 0 amide bonds. The minimum atomic E-state index is 0.141. The molecule has 1 heterocycles. The second kappa shape index (κ2) is 7.08. The summed E-state index contributed by atoms with van der Waals surface area (Å²) in [6, 6.07) is 0.211. The average Bonchev–Trinajstić information content (AvgIpc) is 2.44. The van der Waals surface area contributed by atoms with Crippen molar-refractivity contribution < 1.29 is 9.47 Å². The molecule has 2 rings (SSSR count). The van der Waals surface area contributed by atoms with Crippen molar-refractivity contribution in [2.45, 2.75) is 38.2 Å². The molecule has 0 radical (unpaired) electrons. The van der Waals surface area contributed by atoms with Gasteiger partial charge in [-0.3, -0.25) is 0 Å². The van der Waals surface area contributed by atoms with Crippen LogP contribution in [0.3, 0.4) is 0 Å². The predicted molar refractivity (Wildman–Crippen MR) is 72.1 cm³/mol. The third-order valence-corrected chi connectivity index (χ3v) is 3.11. The van der Waals surface area contributed by atoms with Crippen LogP contribution in [0.15, 0.2) is 0 Å². The molecule has 3 N–H and O–H groups in total. The summed E-state index contributed by atoms with van der Waals surface area (Å²) < 4.78 is 10.7. The maximum atomic E-state index is 5.80. The van der Waals surface area contributed by atoms with E-state index in [4.69, 9.17) is 15.2 Å².